The molecular formula is C22H24N2O4S. The van der Waals surface area contributed by atoms with E-state index in [-0.39, 0.29) is 24.8 Å². The third-order valence-electron chi connectivity index (χ3n) is 4.69. The number of nitrogens with one attached hydrogen (secondary N) is 2. The first-order valence-corrected chi connectivity index (χ1v) is 10.5. The lowest BCUT2D eigenvalue weighted by molar-refractivity contribution is -0.147. The Labute approximate surface area is 174 Å². The smallest absolute Gasteiger partial charge is 0.307 e. The molecule has 1 heterocycles. The largest absolute Gasteiger partial charge is 0.456 e. The van der Waals surface area contributed by atoms with Crippen LogP contribution in [-0.4, -0.2) is 29.6 Å². The molecule has 3 rings (SSSR count). The molecule has 0 radical (unpaired) electrons. The lowest BCUT2D eigenvalue weighted by atomic mass is 10.0. The summed E-state index contributed by atoms with van der Waals surface area (Å²) in [5.41, 5.74) is 3.61. The predicted octanol–water partition coefficient (Wildman–Crippen LogP) is 3.80. The fourth-order valence-corrected chi connectivity index (χ4v) is 4.26. The zero-order chi connectivity index (χ0) is 20.8. The van der Waals surface area contributed by atoms with Crippen molar-refractivity contribution in [3.63, 3.8) is 0 Å². The molecule has 152 valence electrons. The highest BCUT2D eigenvalue weighted by Crippen LogP contribution is 2.36. The van der Waals surface area contributed by atoms with Crippen molar-refractivity contribution in [2.24, 2.45) is 0 Å². The highest BCUT2D eigenvalue weighted by molar-refractivity contribution is 8.01. The van der Waals surface area contributed by atoms with Gasteiger partial charge in [0.15, 0.2) is 6.61 Å². The van der Waals surface area contributed by atoms with Gasteiger partial charge >= 0.3 is 5.97 Å². The fourth-order valence-electron chi connectivity index (χ4n) is 3.16. The van der Waals surface area contributed by atoms with Crippen LogP contribution < -0.4 is 10.6 Å². The topological polar surface area (TPSA) is 84.5 Å². The van der Waals surface area contributed by atoms with E-state index < -0.39 is 11.2 Å². The van der Waals surface area contributed by atoms with Gasteiger partial charge in [0.05, 0.1) is 17.4 Å². The SMILES string of the molecule is CCc1cccc(CC)c1NC(=O)COC(=O)C[C@H]1Sc2ccccc2NC1=O. The first kappa shape index (κ1) is 20.9. The number of hydrogen-bond acceptors (Lipinski definition) is 5. The minimum absolute atomic E-state index is 0.0934. The van der Waals surface area contributed by atoms with Gasteiger partial charge in [-0.1, -0.05) is 44.2 Å². The monoisotopic (exact) mass is 412 g/mol. The number of thioether (sulfide) groups is 1. The minimum Gasteiger partial charge on any atom is -0.456 e. The molecule has 0 saturated heterocycles. The number of amides is 2. The Morgan fingerprint density at radius 3 is 2.45 bits per heavy atom. The summed E-state index contributed by atoms with van der Waals surface area (Å²) in [5.74, 6) is -1.20. The van der Waals surface area contributed by atoms with Gasteiger partial charge < -0.3 is 15.4 Å². The number of anilines is 2. The molecule has 2 aromatic rings. The quantitative estimate of drug-likeness (QED) is 0.676. The molecule has 0 spiro atoms. The van der Waals surface area contributed by atoms with Crippen molar-refractivity contribution in [1.82, 2.24) is 0 Å². The third-order valence-corrected chi connectivity index (χ3v) is 5.96. The summed E-state index contributed by atoms with van der Waals surface area (Å²) in [7, 11) is 0. The molecule has 0 aromatic heterocycles. The van der Waals surface area contributed by atoms with Crippen LogP contribution in [0.2, 0.25) is 0 Å². The van der Waals surface area contributed by atoms with Crippen molar-refractivity contribution in [2.45, 2.75) is 43.3 Å². The van der Waals surface area contributed by atoms with Crippen LogP contribution in [-0.2, 0) is 32.0 Å². The van der Waals surface area contributed by atoms with E-state index >= 15 is 0 Å². The third kappa shape index (κ3) is 5.17. The number of carbonyl (C=O) groups excluding carboxylic acids is 3. The van der Waals surface area contributed by atoms with E-state index in [4.69, 9.17) is 4.74 Å². The number of fused-ring (bicyclic) bond motifs is 1. The summed E-state index contributed by atoms with van der Waals surface area (Å²) in [6, 6.07) is 13.3. The molecule has 1 aliphatic rings. The van der Waals surface area contributed by atoms with Gasteiger partial charge in [0.2, 0.25) is 5.91 Å². The molecule has 2 N–H and O–H groups in total. The van der Waals surface area contributed by atoms with E-state index in [0.717, 1.165) is 40.2 Å². The van der Waals surface area contributed by atoms with Crippen LogP contribution in [0.1, 0.15) is 31.4 Å². The molecule has 7 heteroatoms. The van der Waals surface area contributed by atoms with E-state index in [1.807, 2.05) is 56.3 Å². The average molecular weight is 413 g/mol. The normalized spacial score (nSPS) is 15.2. The summed E-state index contributed by atoms with van der Waals surface area (Å²) in [5, 5.41) is 5.08. The zero-order valence-electron chi connectivity index (χ0n) is 16.5. The van der Waals surface area contributed by atoms with Crippen molar-refractivity contribution < 1.29 is 19.1 Å². The molecule has 1 atom stereocenters. The Bertz CT molecular complexity index is 907. The summed E-state index contributed by atoms with van der Waals surface area (Å²) < 4.78 is 5.12. The molecule has 0 saturated carbocycles. The number of hydrogen-bond donors (Lipinski definition) is 2. The van der Waals surface area contributed by atoms with Crippen LogP contribution in [0.25, 0.3) is 0 Å². The molecule has 0 aliphatic carbocycles. The van der Waals surface area contributed by atoms with Gasteiger partial charge in [-0.25, -0.2) is 0 Å². The minimum atomic E-state index is -0.577. The summed E-state index contributed by atoms with van der Waals surface area (Å²) in [6.45, 7) is 3.67. The van der Waals surface area contributed by atoms with Gasteiger partial charge in [-0.15, -0.1) is 11.8 Å². The van der Waals surface area contributed by atoms with Crippen molar-refractivity contribution >= 4 is 40.9 Å². The van der Waals surface area contributed by atoms with Crippen LogP contribution in [0.4, 0.5) is 11.4 Å². The number of ether oxygens (including phenoxy) is 1. The van der Waals surface area contributed by atoms with Crippen LogP contribution >= 0.6 is 11.8 Å². The summed E-state index contributed by atoms with van der Waals surface area (Å²) >= 11 is 1.33. The van der Waals surface area contributed by atoms with E-state index in [1.54, 1.807) is 0 Å². The molecule has 2 aromatic carbocycles. The first-order valence-electron chi connectivity index (χ1n) is 9.64. The Balaban J connectivity index is 1.54. The predicted molar refractivity (Wildman–Crippen MR) is 114 cm³/mol. The van der Waals surface area contributed by atoms with Crippen molar-refractivity contribution in [3.8, 4) is 0 Å². The van der Waals surface area contributed by atoms with Gasteiger partial charge in [-0.2, -0.15) is 0 Å². The molecule has 29 heavy (non-hydrogen) atoms. The van der Waals surface area contributed by atoms with Gasteiger partial charge in [-0.05, 0) is 36.1 Å². The summed E-state index contributed by atoms with van der Waals surface area (Å²) in [4.78, 5) is 37.6. The average Bonchev–Trinajstić information content (AvgIpc) is 2.73. The lowest BCUT2D eigenvalue weighted by Gasteiger charge is -2.23. The van der Waals surface area contributed by atoms with E-state index in [2.05, 4.69) is 10.6 Å². The van der Waals surface area contributed by atoms with Crippen LogP contribution in [0.3, 0.4) is 0 Å². The second-order valence-corrected chi connectivity index (χ2v) is 7.91. The molecule has 6 nitrogen and oxygen atoms in total. The molecule has 0 bridgehead atoms. The lowest BCUT2D eigenvalue weighted by Crippen LogP contribution is -2.32. The van der Waals surface area contributed by atoms with Gasteiger partial charge in [0, 0.05) is 10.6 Å². The van der Waals surface area contributed by atoms with E-state index in [0.29, 0.717) is 0 Å². The summed E-state index contributed by atoms with van der Waals surface area (Å²) in [6.07, 6.45) is 1.49. The fraction of sp³-hybridized carbons (Fsp3) is 0.318. The maximum atomic E-state index is 12.3. The highest BCUT2D eigenvalue weighted by atomic mass is 32.2. The molecule has 1 aliphatic heterocycles. The highest BCUT2D eigenvalue weighted by Gasteiger charge is 2.29. The maximum Gasteiger partial charge on any atom is 0.307 e. The van der Waals surface area contributed by atoms with Crippen molar-refractivity contribution in [2.75, 3.05) is 17.2 Å². The van der Waals surface area contributed by atoms with Gasteiger partial charge in [-0.3, -0.25) is 14.4 Å². The Hall–Kier alpha value is -2.80. The van der Waals surface area contributed by atoms with Crippen molar-refractivity contribution in [1.29, 1.82) is 0 Å². The first-order chi connectivity index (χ1) is 14.0. The molecule has 0 fully saturated rings. The standard InChI is InChI=1S/C22H24N2O4S/c1-3-14-8-7-9-15(4-2)21(14)24-19(25)13-28-20(26)12-18-22(27)23-16-10-5-6-11-17(16)29-18/h5-11,18H,3-4,12-13H2,1-2H3,(H,23,27)(H,24,25)/t18-/m1/s1. The zero-order valence-corrected chi connectivity index (χ0v) is 17.3. The van der Waals surface area contributed by atoms with Crippen LogP contribution in [0, 0.1) is 0 Å². The Morgan fingerprint density at radius 2 is 1.76 bits per heavy atom. The second-order valence-electron chi connectivity index (χ2n) is 6.66. The van der Waals surface area contributed by atoms with Crippen LogP contribution in [0.15, 0.2) is 47.4 Å². The Morgan fingerprint density at radius 1 is 1.07 bits per heavy atom. The number of carbonyl (C=O) groups is 3. The molecular weight excluding hydrogens is 388 g/mol. The van der Waals surface area contributed by atoms with Crippen molar-refractivity contribution in [3.05, 3.63) is 53.6 Å². The number of para-hydroxylation sites is 2. The number of rotatable bonds is 7. The number of esters is 1. The van der Waals surface area contributed by atoms with Crippen LogP contribution in [0.5, 0.6) is 0 Å². The second kappa shape index (κ2) is 9.60. The Kier molecular flexibility index (Phi) is 6.93. The molecule has 0 unspecified atom stereocenters. The maximum absolute atomic E-state index is 12.3. The van der Waals surface area contributed by atoms with E-state index in [9.17, 15) is 14.4 Å². The number of aryl methyl sites for hydroxylation is 2. The van der Waals surface area contributed by atoms with Gasteiger partial charge in [0.1, 0.15) is 0 Å². The van der Waals surface area contributed by atoms with E-state index in [1.165, 1.54) is 11.8 Å². The number of benzene rings is 2. The molecule has 2 amide bonds. The van der Waals surface area contributed by atoms with Gasteiger partial charge in [0.25, 0.3) is 5.91 Å².